The van der Waals surface area contributed by atoms with Gasteiger partial charge in [0, 0.05) is 33.5 Å². The van der Waals surface area contributed by atoms with Crippen molar-refractivity contribution in [2.75, 3.05) is 17.3 Å². The van der Waals surface area contributed by atoms with E-state index in [9.17, 15) is 9.59 Å². The van der Waals surface area contributed by atoms with Crippen LogP contribution in [0.5, 0.6) is 0 Å². The molecule has 25 heavy (non-hydrogen) atoms. The van der Waals surface area contributed by atoms with Crippen molar-refractivity contribution in [2.24, 2.45) is 0 Å². The van der Waals surface area contributed by atoms with Gasteiger partial charge in [-0.1, -0.05) is 6.07 Å². The Hall–Kier alpha value is -1.77. The van der Waals surface area contributed by atoms with Crippen molar-refractivity contribution in [2.45, 2.75) is 17.6 Å². The van der Waals surface area contributed by atoms with Gasteiger partial charge in [-0.15, -0.1) is 34.9 Å². The van der Waals surface area contributed by atoms with Crippen LogP contribution in [0.2, 0.25) is 0 Å². The van der Waals surface area contributed by atoms with E-state index in [0.717, 1.165) is 16.3 Å². The van der Waals surface area contributed by atoms with Gasteiger partial charge in [-0.3, -0.25) is 14.0 Å². The third-order valence-electron chi connectivity index (χ3n) is 3.47. The second-order valence-corrected chi connectivity index (χ2v) is 8.06. The number of aryl methyl sites for hydroxylation is 1. The van der Waals surface area contributed by atoms with Crippen LogP contribution < -0.4 is 10.9 Å². The smallest absolute Gasteiger partial charge is 0.258 e. The zero-order valence-corrected chi connectivity index (χ0v) is 16.3. The summed E-state index contributed by atoms with van der Waals surface area (Å²) in [6, 6.07) is 9.28. The molecule has 3 aromatic rings. The molecule has 2 heterocycles. The molecule has 1 N–H and O–H groups in total. The predicted octanol–water partition coefficient (Wildman–Crippen LogP) is 3.66. The maximum atomic E-state index is 12.1. The zero-order valence-electron chi connectivity index (χ0n) is 13.8. The number of hydrogen-bond donors (Lipinski definition) is 1. The molecular formula is C17H17N3O2S3. The minimum absolute atomic E-state index is 0.0620. The first-order chi connectivity index (χ1) is 12.1. The topological polar surface area (TPSA) is 63.5 Å². The summed E-state index contributed by atoms with van der Waals surface area (Å²) in [5.74, 6) is 0.780. The number of carbonyl (C=O) groups excluding carboxylic acids is 1. The van der Waals surface area contributed by atoms with E-state index < -0.39 is 0 Å². The summed E-state index contributed by atoms with van der Waals surface area (Å²) in [5, 5.41) is 4.80. The van der Waals surface area contributed by atoms with Gasteiger partial charge in [-0.25, -0.2) is 4.98 Å². The number of nitrogens with one attached hydrogen (secondary N) is 1. The predicted molar refractivity (Wildman–Crippen MR) is 107 cm³/mol. The lowest BCUT2D eigenvalue weighted by Gasteiger charge is -2.06. The fraction of sp³-hybridized carbons (Fsp3) is 0.235. The van der Waals surface area contributed by atoms with Gasteiger partial charge in [0.1, 0.15) is 0 Å². The minimum atomic E-state index is -0.0716. The van der Waals surface area contributed by atoms with Gasteiger partial charge in [-0.2, -0.15) is 0 Å². The second kappa shape index (κ2) is 8.07. The number of rotatable bonds is 6. The molecule has 3 rings (SSSR count). The van der Waals surface area contributed by atoms with E-state index >= 15 is 0 Å². The standard InChI is InChI=1S/C17H17N3O2S3/c1-11-8-25-17-19-13(7-16(22)20(11)17)9-24-10-15(21)18-12-4-3-5-14(6-12)23-2/h3-8H,9-10H2,1-2H3,(H,18,21). The Labute approximate surface area is 157 Å². The molecule has 0 spiro atoms. The van der Waals surface area contributed by atoms with Gasteiger partial charge in [0.2, 0.25) is 5.91 Å². The Morgan fingerprint density at radius 2 is 2.20 bits per heavy atom. The van der Waals surface area contributed by atoms with Crippen molar-refractivity contribution in [3.05, 3.63) is 57.5 Å². The highest BCUT2D eigenvalue weighted by Crippen LogP contribution is 2.19. The van der Waals surface area contributed by atoms with Crippen LogP contribution in [-0.2, 0) is 10.5 Å². The largest absolute Gasteiger partial charge is 0.325 e. The lowest BCUT2D eigenvalue weighted by Crippen LogP contribution is -2.16. The number of nitrogens with zero attached hydrogens (tertiary/aromatic N) is 2. The van der Waals surface area contributed by atoms with Crippen molar-refractivity contribution in [1.29, 1.82) is 0 Å². The summed E-state index contributed by atoms with van der Waals surface area (Å²) in [6.07, 6.45) is 2.00. The molecule has 1 aromatic carbocycles. The number of anilines is 1. The monoisotopic (exact) mass is 391 g/mol. The Balaban J connectivity index is 1.57. The molecule has 8 heteroatoms. The molecule has 0 bridgehead atoms. The molecule has 0 aliphatic carbocycles. The van der Waals surface area contributed by atoms with Gasteiger partial charge in [0.25, 0.3) is 5.56 Å². The molecule has 2 aromatic heterocycles. The molecule has 0 fully saturated rings. The highest BCUT2D eigenvalue weighted by atomic mass is 32.2. The fourth-order valence-corrected chi connectivity index (χ4v) is 4.39. The van der Waals surface area contributed by atoms with Crippen molar-refractivity contribution in [1.82, 2.24) is 9.38 Å². The van der Waals surface area contributed by atoms with Gasteiger partial charge in [-0.05, 0) is 31.4 Å². The minimum Gasteiger partial charge on any atom is -0.325 e. The number of hydrogen-bond acceptors (Lipinski definition) is 6. The maximum absolute atomic E-state index is 12.1. The zero-order chi connectivity index (χ0) is 17.8. The van der Waals surface area contributed by atoms with Crippen LogP contribution in [0.3, 0.4) is 0 Å². The van der Waals surface area contributed by atoms with E-state index in [1.54, 1.807) is 22.2 Å². The Morgan fingerprint density at radius 1 is 1.36 bits per heavy atom. The van der Waals surface area contributed by atoms with E-state index in [0.29, 0.717) is 22.2 Å². The van der Waals surface area contributed by atoms with Crippen LogP contribution in [-0.4, -0.2) is 27.3 Å². The fourth-order valence-electron chi connectivity index (χ4n) is 2.32. The first kappa shape index (κ1) is 18.0. The molecule has 130 valence electrons. The normalized spacial score (nSPS) is 11.0. The third-order valence-corrected chi connectivity index (χ3v) is 6.10. The van der Waals surface area contributed by atoms with E-state index in [1.165, 1.54) is 23.1 Å². The van der Waals surface area contributed by atoms with Crippen LogP contribution in [0.15, 0.2) is 45.4 Å². The van der Waals surface area contributed by atoms with Gasteiger partial charge in [0.05, 0.1) is 11.4 Å². The molecular weight excluding hydrogens is 374 g/mol. The Bertz CT molecular complexity index is 965. The highest BCUT2D eigenvalue weighted by molar-refractivity contribution is 7.99. The molecule has 5 nitrogen and oxygen atoms in total. The Morgan fingerprint density at radius 3 is 3.00 bits per heavy atom. The highest BCUT2D eigenvalue weighted by Gasteiger charge is 2.08. The molecule has 0 saturated heterocycles. The molecule has 0 atom stereocenters. The molecule has 1 amide bonds. The van der Waals surface area contributed by atoms with Crippen molar-refractivity contribution < 1.29 is 4.79 Å². The summed E-state index contributed by atoms with van der Waals surface area (Å²) in [5.41, 5.74) is 2.32. The number of benzene rings is 1. The van der Waals surface area contributed by atoms with Crippen molar-refractivity contribution in [3.63, 3.8) is 0 Å². The summed E-state index contributed by atoms with van der Waals surface area (Å²) in [6.45, 7) is 1.89. The van der Waals surface area contributed by atoms with E-state index in [2.05, 4.69) is 10.3 Å². The maximum Gasteiger partial charge on any atom is 0.258 e. The second-order valence-electron chi connectivity index (χ2n) is 5.35. The molecule has 0 radical (unpaired) electrons. The first-order valence-corrected chi connectivity index (χ1v) is 10.8. The van der Waals surface area contributed by atoms with Crippen LogP contribution >= 0.6 is 34.9 Å². The number of thiazole rings is 1. The van der Waals surface area contributed by atoms with E-state index in [-0.39, 0.29) is 11.5 Å². The van der Waals surface area contributed by atoms with E-state index in [4.69, 9.17) is 0 Å². The summed E-state index contributed by atoms with van der Waals surface area (Å²) < 4.78 is 1.60. The average molecular weight is 392 g/mol. The number of fused-ring (bicyclic) bond motifs is 1. The van der Waals surface area contributed by atoms with Gasteiger partial charge in [0.15, 0.2) is 4.96 Å². The lowest BCUT2D eigenvalue weighted by molar-refractivity contribution is -0.113. The SMILES string of the molecule is CSc1cccc(NC(=O)CSCc2cc(=O)n3c(C)csc3n2)c1. The van der Waals surface area contributed by atoms with Crippen LogP contribution in [0, 0.1) is 6.92 Å². The van der Waals surface area contributed by atoms with E-state index in [1.807, 2.05) is 42.8 Å². The first-order valence-electron chi connectivity index (χ1n) is 7.55. The molecule has 0 aliphatic heterocycles. The summed E-state index contributed by atoms with van der Waals surface area (Å²) in [7, 11) is 0. The number of aromatic nitrogens is 2. The van der Waals surface area contributed by atoms with Gasteiger partial charge >= 0.3 is 0 Å². The van der Waals surface area contributed by atoms with Crippen LogP contribution in [0.1, 0.15) is 11.4 Å². The van der Waals surface area contributed by atoms with Crippen LogP contribution in [0.4, 0.5) is 5.69 Å². The number of carbonyl (C=O) groups is 1. The third kappa shape index (κ3) is 4.45. The molecule has 0 aliphatic rings. The quantitative estimate of drug-likeness (QED) is 0.650. The van der Waals surface area contributed by atoms with Crippen molar-refractivity contribution in [3.8, 4) is 0 Å². The molecule has 0 unspecified atom stereocenters. The number of amides is 1. The summed E-state index contributed by atoms with van der Waals surface area (Å²) in [4.78, 5) is 30.5. The lowest BCUT2D eigenvalue weighted by atomic mass is 10.3. The average Bonchev–Trinajstić information content (AvgIpc) is 2.96. The van der Waals surface area contributed by atoms with Crippen LogP contribution in [0.25, 0.3) is 4.96 Å². The number of thioether (sulfide) groups is 2. The van der Waals surface area contributed by atoms with Gasteiger partial charge < -0.3 is 5.32 Å². The Kier molecular flexibility index (Phi) is 5.82. The van der Waals surface area contributed by atoms with Crippen molar-refractivity contribution >= 4 is 51.4 Å². The summed E-state index contributed by atoms with van der Waals surface area (Å²) >= 11 is 4.53. The molecule has 0 saturated carbocycles.